The van der Waals surface area contributed by atoms with Crippen LogP contribution in [0.5, 0.6) is 0 Å². The third kappa shape index (κ3) is 3.08. The molecule has 1 aliphatic carbocycles. The van der Waals surface area contributed by atoms with E-state index in [0.717, 1.165) is 50.4 Å². The lowest BCUT2D eigenvalue weighted by Gasteiger charge is -2.23. The Bertz CT molecular complexity index is 729. The van der Waals surface area contributed by atoms with Crippen LogP contribution in [0.2, 0.25) is 0 Å². The average molecular weight is 329 g/mol. The van der Waals surface area contributed by atoms with Crippen molar-refractivity contribution in [2.45, 2.75) is 44.7 Å². The standard InChI is InChI=1S/C17H23N5O2/c1-21-9-6-14(19-21)17(23)18-12-4-5-16-13(10-12)15(20-24-16)11-22-7-2-3-8-22/h6,9,12H,2-5,7-8,10-11H2,1H3,(H,18,23). The van der Waals surface area contributed by atoms with E-state index in [4.69, 9.17) is 4.52 Å². The van der Waals surface area contributed by atoms with Gasteiger partial charge in [-0.1, -0.05) is 5.16 Å². The molecule has 24 heavy (non-hydrogen) atoms. The number of fused-ring (bicyclic) bond motifs is 1. The van der Waals surface area contributed by atoms with E-state index in [-0.39, 0.29) is 11.9 Å². The van der Waals surface area contributed by atoms with Gasteiger partial charge >= 0.3 is 0 Å². The van der Waals surface area contributed by atoms with E-state index in [1.54, 1.807) is 16.9 Å². The summed E-state index contributed by atoms with van der Waals surface area (Å²) in [5.41, 5.74) is 2.70. The zero-order chi connectivity index (χ0) is 16.5. The maximum Gasteiger partial charge on any atom is 0.272 e. The Balaban J connectivity index is 1.42. The quantitative estimate of drug-likeness (QED) is 0.915. The second-order valence-corrected chi connectivity index (χ2v) is 6.80. The Morgan fingerprint density at radius 3 is 3.00 bits per heavy atom. The Morgan fingerprint density at radius 1 is 1.42 bits per heavy atom. The number of rotatable bonds is 4. The zero-order valence-electron chi connectivity index (χ0n) is 14.0. The minimum Gasteiger partial charge on any atom is -0.361 e. The van der Waals surface area contributed by atoms with Crippen LogP contribution < -0.4 is 5.32 Å². The molecule has 2 aliphatic rings. The number of hydrogen-bond acceptors (Lipinski definition) is 5. The molecule has 0 spiro atoms. The van der Waals surface area contributed by atoms with E-state index in [1.165, 1.54) is 18.4 Å². The van der Waals surface area contributed by atoms with Gasteiger partial charge in [0.1, 0.15) is 17.1 Å². The Morgan fingerprint density at radius 2 is 2.25 bits per heavy atom. The molecule has 3 heterocycles. The molecule has 2 aromatic rings. The number of carbonyl (C=O) groups excluding carboxylic acids is 1. The van der Waals surface area contributed by atoms with Crippen molar-refractivity contribution >= 4 is 5.91 Å². The smallest absolute Gasteiger partial charge is 0.272 e. The largest absolute Gasteiger partial charge is 0.361 e. The van der Waals surface area contributed by atoms with Crippen LogP contribution >= 0.6 is 0 Å². The molecule has 1 fully saturated rings. The first kappa shape index (κ1) is 15.4. The van der Waals surface area contributed by atoms with Crippen molar-refractivity contribution in [1.29, 1.82) is 0 Å². The third-order valence-corrected chi connectivity index (χ3v) is 4.97. The van der Waals surface area contributed by atoms with Gasteiger partial charge in [0.05, 0.1) is 0 Å². The Labute approximate surface area is 141 Å². The maximum absolute atomic E-state index is 12.3. The number of nitrogens with zero attached hydrogens (tertiary/aromatic N) is 4. The molecule has 1 N–H and O–H groups in total. The summed E-state index contributed by atoms with van der Waals surface area (Å²) in [6, 6.07) is 1.85. The molecule has 7 nitrogen and oxygen atoms in total. The molecule has 0 saturated carbocycles. The Kier molecular flexibility index (Phi) is 4.10. The van der Waals surface area contributed by atoms with Crippen LogP contribution in [0.15, 0.2) is 16.8 Å². The molecular weight excluding hydrogens is 306 g/mol. The predicted octanol–water partition coefficient (Wildman–Crippen LogP) is 1.29. The van der Waals surface area contributed by atoms with Crippen molar-refractivity contribution in [3.05, 3.63) is 35.0 Å². The number of nitrogens with one attached hydrogen (secondary N) is 1. The molecule has 128 valence electrons. The summed E-state index contributed by atoms with van der Waals surface area (Å²) in [4.78, 5) is 14.7. The van der Waals surface area contributed by atoms with Gasteiger partial charge in [0.15, 0.2) is 0 Å². The lowest BCUT2D eigenvalue weighted by molar-refractivity contribution is 0.0927. The highest BCUT2D eigenvalue weighted by molar-refractivity contribution is 5.92. The summed E-state index contributed by atoms with van der Waals surface area (Å²) in [5.74, 6) is 0.883. The first-order valence-corrected chi connectivity index (χ1v) is 8.68. The molecule has 1 unspecified atom stereocenters. The van der Waals surface area contributed by atoms with E-state index < -0.39 is 0 Å². The summed E-state index contributed by atoms with van der Waals surface area (Å²) >= 11 is 0. The zero-order valence-corrected chi connectivity index (χ0v) is 14.0. The molecular formula is C17H23N5O2. The summed E-state index contributed by atoms with van der Waals surface area (Å²) in [6.07, 6.45) is 6.81. The monoisotopic (exact) mass is 329 g/mol. The number of amides is 1. The molecule has 1 amide bonds. The van der Waals surface area contributed by atoms with Crippen molar-refractivity contribution in [3.8, 4) is 0 Å². The maximum atomic E-state index is 12.3. The predicted molar refractivity (Wildman–Crippen MR) is 87.5 cm³/mol. The number of aromatic nitrogens is 3. The van der Waals surface area contributed by atoms with Crippen LogP contribution in [0.1, 0.15) is 46.8 Å². The first-order chi connectivity index (χ1) is 11.7. The molecule has 0 aromatic carbocycles. The summed E-state index contributed by atoms with van der Waals surface area (Å²) in [6.45, 7) is 3.14. The van der Waals surface area contributed by atoms with Gasteiger partial charge in [0, 0.05) is 37.8 Å². The molecule has 2 aromatic heterocycles. The number of hydrogen-bond donors (Lipinski definition) is 1. The van der Waals surface area contributed by atoms with Gasteiger partial charge in [-0.05, 0) is 44.8 Å². The van der Waals surface area contributed by atoms with E-state index in [1.807, 2.05) is 7.05 Å². The lowest BCUT2D eigenvalue weighted by atomic mass is 9.92. The molecule has 0 bridgehead atoms. The summed E-state index contributed by atoms with van der Waals surface area (Å²) in [7, 11) is 1.81. The highest BCUT2D eigenvalue weighted by atomic mass is 16.5. The minimum absolute atomic E-state index is 0.110. The molecule has 7 heteroatoms. The fraction of sp³-hybridized carbons (Fsp3) is 0.588. The normalized spacial score (nSPS) is 21.0. The SMILES string of the molecule is Cn1ccc(C(=O)NC2CCc3onc(CN4CCCC4)c3C2)n1. The average Bonchev–Trinajstić information content (AvgIpc) is 3.30. The molecule has 1 saturated heterocycles. The van der Waals surface area contributed by atoms with Gasteiger partial charge in [0.2, 0.25) is 0 Å². The lowest BCUT2D eigenvalue weighted by Crippen LogP contribution is -2.39. The Hall–Kier alpha value is -2.15. The van der Waals surface area contributed by atoms with Gasteiger partial charge in [-0.3, -0.25) is 14.4 Å². The van der Waals surface area contributed by atoms with Crippen molar-refractivity contribution in [1.82, 2.24) is 25.2 Å². The van der Waals surface area contributed by atoms with E-state index in [0.29, 0.717) is 5.69 Å². The highest BCUT2D eigenvalue weighted by Crippen LogP contribution is 2.26. The fourth-order valence-electron chi connectivity index (χ4n) is 3.66. The van der Waals surface area contributed by atoms with E-state index in [9.17, 15) is 4.79 Å². The highest BCUT2D eigenvalue weighted by Gasteiger charge is 2.28. The van der Waals surface area contributed by atoms with Crippen LogP contribution in [0.4, 0.5) is 0 Å². The summed E-state index contributed by atoms with van der Waals surface area (Å²) in [5, 5.41) is 11.6. The van der Waals surface area contributed by atoms with Crippen molar-refractivity contribution in [2.24, 2.45) is 7.05 Å². The van der Waals surface area contributed by atoms with E-state index >= 15 is 0 Å². The van der Waals surface area contributed by atoms with E-state index in [2.05, 4.69) is 20.5 Å². The number of likely N-dealkylation sites (tertiary alicyclic amines) is 1. The third-order valence-electron chi connectivity index (χ3n) is 4.97. The van der Waals surface area contributed by atoms with Gasteiger partial charge in [0.25, 0.3) is 5.91 Å². The van der Waals surface area contributed by atoms with Gasteiger partial charge in [-0.15, -0.1) is 0 Å². The molecule has 4 rings (SSSR count). The van der Waals surface area contributed by atoms with Gasteiger partial charge < -0.3 is 9.84 Å². The van der Waals surface area contributed by atoms with Gasteiger partial charge in [-0.2, -0.15) is 5.10 Å². The molecule has 1 atom stereocenters. The van der Waals surface area contributed by atoms with Crippen molar-refractivity contribution in [3.63, 3.8) is 0 Å². The number of carbonyl (C=O) groups is 1. The van der Waals surface area contributed by atoms with Crippen LogP contribution in [0.25, 0.3) is 0 Å². The molecule has 0 radical (unpaired) electrons. The van der Waals surface area contributed by atoms with Crippen LogP contribution in [0, 0.1) is 0 Å². The molecule has 1 aliphatic heterocycles. The summed E-state index contributed by atoms with van der Waals surface area (Å²) < 4.78 is 7.17. The topological polar surface area (TPSA) is 76.2 Å². The van der Waals surface area contributed by atoms with Crippen LogP contribution in [-0.4, -0.2) is 44.9 Å². The fourth-order valence-corrected chi connectivity index (χ4v) is 3.66. The van der Waals surface area contributed by atoms with Crippen molar-refractivity contribution in [2.75, 3.05) is 13.1 Å². The van der Waals surface area contributed by atoms with Crippen LogP contribution in [0.3, 0.4) is 0 Å². The van der Waals surface area contributed by atoms with Crippen LogP contribution in [-0.2, 0) is 26.4 Å². The first-order valence-electron chi connectivity index (χ1n) is 8.68. The van der Waals surface area contributed by atoms with Crippen molar-refractivity contribution < 1.29 is 9.32 Å². The second-order valence-electron chi connectivity index (χ2n) is 6.80. The minimum atomic E-state index is -0.110. The second kappa shape index (κ2) is 6.39. The number of aryl methyl sites for hydroxylation is 2. The van der Waals surface area contributed by atoms with Gasteiger partial charge in [-0.25, -0.2) is 0 Å².